The van der Waals surface area contributed by atoms with Crippen molar-refractivity contribution in [2.45, 2.75) is 19.5 Å². The maximum Gasteiger partial charge on any atom is 0.283 e. The van der Waals surface area contributed by atoms with Crippen LogP contribution in [0.5, 0.6) is 0 Å². The highest BCUT2D eigenvalue weighted by atomic mass is 79.9. The van der Waals surface area contributed by atoms with Gasteiger partial charge in [0.15, 0.2) is 0 Å². The summed E-state index contributed by atoms with van der Waals surface area (Å²) in [4.78, 5) is 13.1. The summed E-state index contributed by atoms with van der Waals surface area (Å²) in [6.45, 7) is 6.31. The second kappa shape index (κ2) is 5.42. The number of nitro benzene ring substituents is 1. The molecule has 2 fully saturated rings. The fraction of sp³-hybridized carbons (Fsp3) is 0.571. The molecule has 20 heavy (non-hydrogen) atoms. The minimum atomic E-state index is -0.334. The van der Waals surface area contributed by atoms with Gasteiger partial charge in [-0.3, -0.25) is 15.0 Å². The molecule has 0 radical (unpaired) electrons. The number of likely N-dealkylation sites (tertiary alicyclic amines) is 1. The van der Waals surface area contributed by atoms with Gasteiger partial charge in [-0.15, -0.1) is 0 Å². The van der Waals surface area contributed by atoms with Crippen molar-refractivity contribution >= 4 is 21.6 Å². The smallest absolute Gasteiger partial charge is 0.283 e. The molecule has 3 unspecified atom stereocenters. The first-order valence-corrected chi connectivity index (χ1v) is 7.73. The normalized spacial score (nSPS) is 29.6. The second-order valence-corrected chi connectivity index (χ2v) is 6.55. The second-order valence-electron chi connectivity index (χ2n) is 5.76. The summed E-state index contributed by atoms with van der Waals surface area (Å²) >= 11 is 3.39. The number of fused-ring (bicyclic) bond motifs is 1. The number of rotatable bonds is 3. The Morgan fingerprint density at radius 3 is 3.00 bits per heavy atom. The Kier molecular flexibility index (Phi) is 3.79. The molecule has 2 heterocycles. The average molecular weight is 340 g/mol. The van der Waals surface area contributed by atoms with Gasteiger partial charge in [-0.25, -0.2) is 0 Å². The van der Waals surface area contributed by atoms with Crippen LogP contribution >= 0.6 is 15.9 Å². The highest BCUT2D eigenvalue weighted by molar-refractivity contribution is 9.10. The van der Waals surface area contributed by atoms with Crippen molar-refractivity contribution in [1.29, 1.82) is 0 Å². The van der Waals surface area contributed by atoms with Gasteiger partial charge in [0.25, 0.3) is 5.69 Å². The number of nitro groups is 1. The first-order valence-electron chi connectivity index (χ1n) is 6.94. The topological polar surface area (TPSA) is 58.4 Å². The summed E-state index contributed by atoms with van der Waals surface area (Å²) in [6, 6.07) is 5.80. The van der Waals surface area contributed by atoms with Crippen LogP contribution in [0.15, 0.2) is 22.7 Å². The number of nitrogens with one attached hydrogen (secondary N) is 1. The Morgan fingerprint density at radius 1 is 1.50 bits per heavy atom. The fourth-order valence-electron chi connectivity index (χ4n) is 3.51. The first-order chi connectivity index (χ1) is 9.58. The summed E-state index contributed by atoms with van der Waals surface area (Å²) < 4.78 is 0.618. The van der Waals surface area contributed by atoms with E-state index in [1.165, 1.54) is 0 Å². The number of benzene rings is 1. The van der Waals surface area contributed by atoms with E-state index in [1.807, 2.05) is 6.07 Å². The van der Waals surface area contributed by atoms with Crippen LogP contribution in [-0.4, -0.2) is 35.5 Å². The molecule has 108 valence electrons. The van der Waals surface area contributed by atoms with Crippen molar-refractivity contribution in [1.82, 2.24) is 10.2 Å². The van der Waals surface area contributed by atoms with Crippen molar-refractivity contribution in [2.24, 2.45) is 11.8 Å². The van der Waals surface area contributed by atoms with Crippen LogP contribution < -0.4 is 5.32 Å². The molecule has 0 bridgehead atoms. The molecular weight excluding hydrogens is 322 g/mol. The monoisotopic (exact) mass is 339 g/mol. The van der Waals surface area contributed by atoms with Crippen molar-refractivity contribution < 1.29 is 4.92 Å². The van der Waals surface area contributed by atoms with Gasteiger partial charge in [-0.1, -0.05) is 12.1 Å². The molecule has 1 aromatic rings. The number of halogens is 1. The zero-order chi connectivity index (χ0) is 14.3. The first kappa shape index (κ1) is 14.0. The van der Waals surface area contributed by atoms with E-state index in [0.29, 0.717) is 16.4 Å². The molecule has 3 atom stereocenters. The third-order valence-electron chi connectivity index (χ3n) is 4.69. The predicted molar refractivity (Wildman–Crippen MR) is 80.5 cm³/mol. The Balaban J connectivity index is 1.79. The van der Waals surface area contributed by atoms with Gasteiger partial charge in [0, 0.05) is 25.2 Å². The molecule has 1 aromatic carbocycles. The Morgan fingerprint density at radius 2 is 2.30 bits per heavy atom. The summed E-state index contributed by atoms with van der Waals surface area (Å²) in [7, 11) is 0. The lowest BCUT2D eigenvalue weighted by molar-refractivity contribution is -0.385. The largest absolute Gasteiger partial charge is 0.316 e. The number of hydrogen-bond acceptors (Lipinski definition) is 4. The number of hydrogen-bond donors (Lipinski definition) is 1. The summed E-state index contributed by atoms with van der Waals surface area (Å²) in [5.74, 6) is 1.44. The SMILES string of the molecule is CC1C2CNCC2CN1Cc1cccc([N+](=O)[O-])c1Br. The molecule has 0 aromatic heterocycles. The molecule has 3 rings (SSSR count). The minimum Gasteiger partial charge on any atom is -0.316 e. The zero-order valence-electron chi connectivity index (χ0n) is 11.4. The van der Waals surface area contributed by atoms with Gasteiger partial charge in [-0.2, -0.15) is 0 Å². The van der Waals surface area contributed by atoms with Gasteiger partial charge < -0.3 is 5.32 Å². The third kappa shape index (κ3) is 2.36. The van der Waals surface area contributed by atoms with Crippen molar-refractivity contribution in [3.63, 3.8) is 0 Å². The van der Waals surface area contributed by atoms with E-state index < -0.39 is 0 Å². The molecule has 5 nitrogen and oxygen atoms in total. The van der Waals surface area contributed by atoms with E-state index in [4.69, 9.17) is 0 Å². The highest BCUT2D eigenvalue weighted by Gasteiger charge is 2.41. The minimum absolute atomic E-state index is 0.149. The standard InChI is InChI=1S/C14H18BrN3O2/c1-9-12-6-16-5-11(12)8-17(9)7-10-3-2-4-13(14(10)15)18(19)20/h2-4,9,11-12,16H,5-8H2,1H3. The lowest BCUT2D eigenvalue weighted by Crippen LogP contribution is -2.32. The quantitative estimate of drug-likeness (QED) is 0.678. The van der Waals surface area contributed by atoms with Crippen molar-refractivity contribution in [3.8, 4) is 0 Å². The van der Waals surface area contributed by atoms with Crippen molar-refractivity contribution in [3.05, 3.63) is 38.3 Å². The average Bonchev–Trinajstić information content (AvgIpc) is 2.96. The lowest BCUT2D eigenvalue weighted by Gasteiger charge is -2.24. The summed E-state index contributed by atoms with van der Waals surface area (Å²) in [6.07, 6.45) is 0. The van der Waals surface area contributed by atoms with Crippen LogP contribution in [0.1, 0.15) is 12.5 Å². The molecule has 2 aliphatic rings. The van der Waals surface area contributed by atoms with E-state index in [1.54, 1.807) is 12.1 Å². The van der Waals surface area contributed by atoms with Crippen LogP contribution in [0.2, 0.25) is 0 Å². The molecule has 2 saturated heterocycles. The Labute approximate surface area is 126 Å². The molecule has 0 saturated carbocycles. The molecular formula is C14H18BrN3O2. The van der Waals surface area contributed by atoms with Gasteiger partial charge >= 0.3 is 0 Å². The Bertz CT molecular complexity index is 537. The van der Waals surface area contributed by atoms with Gasteiger partial charge in [0.05, 0.1) is 9.40 Å². The van der Waals surface area contributed by atoms with E-state index in [2.05, 4.69) is 33.1 Å². The van der Waals surface area contributed by atoms with Crippen LogP contribution in [0.3, 0.4) is 0 Å². The van der Waals surface area contributed by atoms with Gasteiger partial charge in [0.2, 0.25) is 0 Å². The van der Waals surface area contributed by atoms with Gasteiger partial charge in [-0.05, 0) is 53.3 Å². The molecule has 2 aliphatic heterocycles. The zero-order valence-corrected chi connectivity index (χ0v) is 13.0. The summed E-state index contributed by atoms with van der Waals surface area (Å²) in [5, 5.41) is 14.4. The van der Waals surface area contributed by atoms with E-state index in [0.717, 1.165) is 37.7 Å². The molecule has 1 N–H and O–H groups in total. The van der Waals surface area contributed by atoms with Gasteiger partial charge in [0.1, 0.15) is 0 Å². The maximum atomic E-state index is 11.0. The summed E-state index contributed by atoms with van der Waals surface area (Å²) in [5.41, 5.74) is 1.15. The molecule has 0 spiro atoms. The van der Waals surface area contributed by atoms with Crippen LogP contribution in [0.4, 0.5) is 5.69 Å². The fourth-order valence-corrected chi connectivity index (χ4v) is 4.05. The van der Waals surface area contributed by atoms with E-state index in [9.17, 15) is 10.1 Å². The van der Waals surface area contributed by atoms with E-state index >= 15 is 0 Å². The number of nitrogens with zero attached hydrogens (tertiary/aromatic N) is 2. The Hall–Kier alpha value is -0.980. The van der Waals surface area contributed by atoms with Crippen LogP contribution in [0.25, 0.3) is 0 Å². The van der Waals surface area contributed by atoms with Crippen molar-refractivity contribution in [2.75, 3.05) is 19.6 Å². The van der Waals surface area contributed by atoms with Crippen LogP contribution in [-0.2, 0) is 6.54 Å². The predicted octanol–water partition coefficient (Wildman–Crippen LogP) is 2.40. The molecule has 0 amide bonds. The highest BCUT2D eigenvalue weighted by Crippen LogP contribution is 2.35. The van der Waals surface area contributed by atoms with E-state index in [-0.39, 0.29) is 10.6 Å². The third-order valence-corrected chi connectivity index (χ3v) is 5.60. The molecule has 6 heteroatoms. The molecule has 0 aliphatic carbocycles. The lowest BCUT2D eigenvalue weighted by atomic mass is 9.95. The maximum absolute atomic E-state index is 11.0. The van der Waals surface area contributed by atoms with Crippen LogP contribution in [0, 0.1) is 22.0 Å².